The Bertz CT molecular complexity index is 1350. The lowest BCUT2D eigenvalue weighted by Gasteiger charge is -2.22. The summed E-state index contributed by atoms with van der Waals surface area (Å²) in [6, 6.07) is 17.2. The minimum absolute atomic E-state index is 0.00901. The van der Waals surface area contributed by atoms with Gasteiger partial charge in [0.1, 0.15) is 0 Å². The Kier molecular flexibility index (Phi) is 8.34. The molecule has 3 aromatic rings. The van der Waals surface area contributed by atoms with Crippen LogP contribution in [-0.2, 0) is 14.8 Å². The minimum atomic E-state index is -4.01. The molecule has 36 heavy (non-hydrogen) atoms. The first-order valence-electron chi connectivity index (χ1n) is 11.6. The third-order valence-corrected chi connectivity index (χ3v) is 8.17. The molecule has 1 aliphatic rings. The number of ketones is 1. The van der Waals surface area contributed by atoms with E-state index in [0.29, 0.717) is 22.2 Å². The van der Waals surface area contributed by atoms with Crippen molar-refractivity contribution >= 4 is 50.7 Å². The van der Waals surface area contributed by atoms with Gasteiger partial charge in [0.2, 0.25) is 0 Å². The normalized spacial score (nSPS) is 14.3. The molecule has 0 aromatic heterocycles. The van der Waals surface area contributed by atoms with Gasteiger partial charge in [-0.2, -0.15) is 0 Å². The van der Waals surface area contributed by atoms with Crippen molar-refractivity contribution in [1.29, 1.82) is 0 Å². The van der Waals surface area contributed by atoms with Crippen LogP contribution in [0.2, 0.25) is 10.0 Å². The average molecular weight is 546 g/mol. The summed E-state index contributed by atoms with van der Waals surface area (Å²) >= 11 is 12.0. The predicted octanol–water partition coefficient (Wildman–Crippen LogP) is 6.88. The number of halogens is 2. The van der Waals surface area contributed by atoms with Crippen molar-refractivity contribution in [3.8, 4) is 0 Å². The first-order valence-corrected chi connectivity index (χ1v) is 13.8. The summed E-state index contributed by atoms with van der Waals surface area (Å²) in [6.07, 6.45) is 6.05. The van der Waals surface area contributed by atoms with Crippen molar-refractivity contribution < 1.29 is 22.7 Å². The zero-order chi connectivity index (χ0) is 25.7. The highest BCUT2D eigenvalue weighted by molar-refractivity contribution is 7.92. The highest BCUT2D eigenvalue weighted by atomic mass is 35.5. The smallest absolute Gasteiger partial charge is 0.340 e. The van der Waals surface area contributed by atoms with Crippen molar-refractivity contribution in [3.63, 3.8) is 0 Å². The van der Waals surface area contributed by atoms with Gasteiger partial charge in [-0.3, -0.25) is 9.52 Å². The monoisotopic (exact) mass is 545 g/mol. The van der Waals surface area contributed by atoms with Gasteiger partial charge in [-0.15, -0.1) is 0 Å². The number of hydrogen-bond donors (Lipinski definition) is 1. The molecule has 0 amide bonds. The maximum atomic E-state index is 12.8. The largest absolute Gasteiger partial charge is 0.454 e. The molecule has 0 radical (unpaired) electrons. The van der Waals surface area contributed by atoms with Crippen LogP contribution >= 0.6 is 23.2 Å². The minimum Gasteiger partial charge on any atom is -0.454 e. The molecule has 0 aliphatic heterocycles. The van der Waals surface area contributed by atoms with Gasteiger partial charge in [0.05, 0.1) is 15.5 Å². The van der Waals surface area contributed by atoms with Crippen molar-refractivity contribution in [2.75, 3.05) is 11.3 Å². The number of esters is 1. The number of ether oxygens (including phenoxy) is 1. The fourth-order valence-corrected chi connectivity index (χ4v) is 5.63. The number of carbonyl (C=O) groups is 2. The van der Waals surface area contributed by atoms with Gasteiger partial charge < -0.3 is 4.74 Å². The Labute approximate surface area is 220 Å². The van der Waals surface area contributed by atoms with Crippen LogP contribution in [0.15, 0.2) is 71.6 Å². The molecule has 188 valence electrons. The quantitative estimate of drug-likeness (QED) is 0.246. The van der Waals surface area contributed by atoms with E-state index in [2.05, 4.69) is 4.72 Å². The van der Waals surface area contributed by atoms with Crippen molar-refractivity contribution in [2.45, 2.75) is 42.9 Å². The molecule has 1 saturated carbocycles. The summed E-state index contributed by atoms with van der Waals surface area (Å²) < 4.78 is 33.1. The number of anilines is 1. The van der Waals surface area contributed by atoms with Gasteiger partial charge >= 0.3 is 5.97 Å². The highest BCUT2D eigenvalue weighted by Crippen LogP contribution is 2.32. The lowest BCUT2D eigenvalue weighted by Crippen LogP contribution is -2.17. The van der Waals surface area contributed by atoms with Crippen LogP contribution in [-0.4, -0.2) is 26.8 Å². The third kappa shape index (κ3) is 6.46. The number of nitrogens with one attached hydrogen (secondary N) is 1. The molecule has 0 unspecified atom stereocenters. The fourth-order valence-electron chi connectivity index (χ4n) is 4.23. The van der Waals surface area contributed by atoms with Crippen molar-refractivity contribution in [2.24, 2.45) is 0 Å². The van der Waals surface area contributed by atoms with Gasteiger partial charge in [-0.05, 0) is 66.8 Å². The molecular formula is C27H25Cl2NO5S. The van der Waals surface area contributed by atoms with E-state index in [-0.39, 0.29) is 21.3 Å². The molecule has 6 nitrogen and oxygen atoms in total. The van der Waals surface area contributed by atoms with Crippen molar-refractivity contribution in [3.05, 3.63) is 93.5 Å². The first-order chi connectivity index (χ1) is 17.2. The molecule has 0 atom stereocenters. The number of rotatable bonds is 8. The summed E-state index contributed by atoms with van der Waals surface area (Å²) in [5.41, 5.74) is 1.81. The zero-order valence-electron chi connectivity index (χ0n) is 19.4. The maximum absolute atomic E-state index is 12.8. The molecular weight excluding hydrogens is 521 g/mol. The van der Waals surface area contributed by atoms with E-state index in [1.807, 2.05) is 12.1 Å². The Balaban J connectivity index is 1.41. The molecule has 0 heterocycles. The van der Waals surface area contributed by atoms with Gasteiger partial charge in [0.25, 0.3) is 10.0 Å². The van der Waals surface area contributed by atoms with Crippen molar-refractivity contribution in [1.82, 2.24) is 0 Å². The van der Waals surface area contributed by atoms with Crippen LogP contribution in [0.3, 0.4) is 0 Å². The van der Waals surface area contributed by atoms with Crippen LogP contribution in [0.5, 0.6) is 0 Å². The standard InChI is InChI=1S/C27H25Cl2NO5S/c28-21-10-12-22(13-11-21)30-36(33,34)23-14-15-25(29)24(16-23)27(32)35-17-26(31)20-8-6-19(7-9-20)18-4-2-1-3-5-18/h6-16,18,30H,1-5,17H2. The topological polar surface area (TPSA) is 89.5 Å². The van der Waals surface area contributed by atoms with Gasteiger partial charge in [-0.25, -0.2) is 13.2 Å². The highest BCUT2D eigenvalue weighted by Gasteiger charge is 2.21. The lowest BCUT2D eigenvalue weighted by atomic mass is 9.84. The Hall–Kier alpha value is -2.87. The molecule has 1 N–H and O–H groups in total. The van der Waals surface area contributed by atoms with Crippen LogP contribution in [0, 0.1) is 0 Å². The van der Waals surface area contributed by atoms with Gasteiger partial charge in [-0.1, -0.05) is 66.7 Å². The SMILES string of the molecule is O=C(COC(=O)c1cc(S(=O)(=O)Nc2ccc(Cl)cc2)ccc1Cl)c1ccc(C2CCCCC2)cc1. The van der Waals surface area contributed by atoms with Crippen LogP contribution in [0.25, 0.3) is 0 Å². The fraction of sp³-hybridized carbons (Fsp3) is 0.259. The van der Waals surface area contributed by atoms with E-state index in [1.165, 1.54) is 49.1 Å². The average Bonchev–Trinajstić information content (AvgIpc) is 2.89. The summed E-state index contributed by atoms with van der Waals surface area (Å²) in [5.74, 6) is -0.723. The van der Waals surface area contributed by atoms with E-state index in [1.54, 1.807) is 24.3 Å². The van der Waals surface area contributed by atoms with E-state index < -0.39 is 22.6 Å². The van der Waals surface area contributed by atoms with E-state index in [4.69, 9.17) is 27.9 Å². The number of hydrogen-bond acceptors (Lipinski definition) is 5. The summed E-state index contributed by atoms with van der Waals surface area (Å²) in [7, 11) is -4.01. The van der Waals surface area contributed by atoms with Crippen LogP contribution < -0.4 is 4.72 Å². The zero-order valence-corrected chi connectivity index (χ0v) is 21.7. The maximum Gasteiger partial charge on any atom is 0.340 e. The molecule has 4 rings (SSSR count). The Morgan fingerprint density at radius 2 is 1.56 bits per heavy atom. The van der Waals surface area contributed by atoms with E-state index in [0.717, 1.165) is 18.9 Å². The second-order valence-corrected chi connectivity index (χ2v) is 11.2. The van der Waals surface area contributed by atoms with Crippen LogP contribution in [0.4, 0.5) is 5.69 Å². The molecule has 1 fully saturated rings. The number of carbonyl (C=O) groups excluding carboxylic acids is 2. The second kappa shape index (κ2) is 11.5. The Morgan fingerprint density at radius 1 is 0.889 bits per heavy atom. The number of benzene rings is 3. The van der Waals surface area contributed by atoms with E-state index in [9.17, 15) is 18.0 Å². The molecule has 1 aliphatic carbocycles. The number of sulfonamides is 1. The van der Waals surface area contributed by atoms with Gasteiger partial charge in [0.15, 0.2) is 12.4 Å². The second-order valence-electron chi connectivity index (χ2n) is 8.71. The molecule has 3 aromatic carbocycles. The predicted molar refractivity (Wildman–Crippen MR) is 141 cm³/mol. The van der Waals surface area contributed by atoms with E-state index >= 15 is 0 Å². The van der Waals surface area contributed by atoms with Crippen LogP contribution in [0.1, 0.15) is 64.3 Å². The summed E-state index contributed by atoms with van der Waals surface area (Å²) in [5, 5.41) is 0.471. The molecule has 0 bridgehead atoms. The lowest BCUT2D eigenvalue weighted by molar-refractivity contribution is 0.0474. The molecule has 9 heteroatoms. The third-order valence-electron chi connectivity index (χ3n) is 6.21. The van der Waals surface area contributed by atoms with Gasteiger partial charge in [0, 0.05) is 16.3 Å². The molecule has 0 spiro atoms. The number of Topliss-reactive ketones (excluding diaryl/α,β-unsaturated/α-hetero) is 1. The Morgan fingerprint density at radius 3 is 2.22 bits per heavy atom. The summed E-state index contributed by atoms with van der Waals surface area (Å²) in [4.78, 5) is 25.0. The first kappa shape index (κ1) is 26.2. The summed E-state index contributed by atoms with van der Waals surface area (Å²) in [6.45, 7) is -0.488. The molecule has 0 saturated heterocycles.